The molecule has 0 aliphatic rings. The van der Waals surface area contributed by atoms with Gasteiger partial charge < -0.3 is 0 Å². The predicted octanol–water partition coefficient (Wildman–Crippen LogP) is 1.13. The Morgan fingerprint density at radius 1 is 1.44 bits per heavy atom. The number of aromatic nitrogens is 3. The summed E-state index contributed by atoms with van der Waals surface area (Å²) < 4.78 is 2.68. The molecule has 0 saturated carbocycles. The van der Waals surface area contributed by atoms with Gasteiger partial charge in [0.2, 0.25) is 0 Å². The SMILES string of the molecule is Cn1cc(C(NN)c2ccc(Br)cn2)cn1. The van der Waals surface area contributed by atoms with Gasteiger partial charge in [0.25, 0.3) is 0 Å². The fourth-order valence-electron chi connectivity index (χ4n) is 1.50. The number of halogens is 1. The third kappa shape index (κ3) is 2.29. The minimum absolute atomic E-state index is 0.137. The summed E-state index contributed by atoms with van der Waals surface area (Å²) in [5.41, 5.74) is 4.58. The lowest BCUT2D eigenvalue weighted by atomic mass is 10.1. The van der Waals surface area contributed by atoms with Gasteiger partial charge in [-0.15, -0.1) is 0 Å². The van der Waals surface area contributed by atoms with E-state index in [1.807, 2.05) is 25.4 Å². The van der Waals surface area contributed by atoms with E-state index in [1.54, 1.807) is 17.1 Å². The zero-order valence-corrected chi connectivity index (χ0v) is 10.3. The fourth-order valence-corrected chi connectivity index (χ4v) is 1.73. The predicted molar refractivity (Wildman–Crippen MR) is 64.3 cm³/mol. The maximum absolute atomic E-state index is 5.55. The van der Waals surface area contributed by atoms with Crippen LogP contribution in [0.4, 0.5) is 0 Å². The Morgan fingerprint density at radius 3 is 2.75 bits per heavy atom. The van der Waals surface area contributed by atoms with Crippen molar-refractivity contribution >= 4 is 15.9 Å². The standard InChI is InChI=1S/C10H12BrN5/c1-16-6-7(4-14-16)10(15-12)9-3-2-8(11)5-13-9/h2-6,10,15H,12H2,1H3. The Balaban J connectivity index is 2.32. The van der Waals surface area contributed by atoms with E-state index in [9.17, 15) is 0 Å². The van der Waals surface area contributed by atoms with E-state index >= 15 is 0 Å². The second-order valence-corrected chi connectivity index (χ2v) is 4.36. The Morgan fingerprint density at radius 2 is 2.25 bits per heavy atom. The second kappa shape index (κ2) is 4.73. The zero-order chi connectivity index (χ0) is 11.5. The lowest BCUT2D eigenvalue weighted by molar-refractivity contribution is 0.619. The molecule has 6 heteroatoms. The van der Waals surface area contributed by atoms with E-state index in [0.717, 1.165) is 15.7 Å². The van der Waals surface area contributed by atoms with Gasteiger partial charge in [-0.1, -0.05) is 0 Å². The van der Waals surface area contributed by atoms with Gasteiger partial charge in [0, 0.05) is 29.5 Å². The van der Waals surface area contributed by atoms with Gasteiger partial charge >= 0.3 is 0 Å². The molecule has 0 fully saturated rings. The van der Waals surface area contributed by atoms with E-state index in [2.05, 4.69) is 31.4 Å². The van der Waals surface area contributed by atoms with Crippen molar-refractivity contribution in [1.29, 1.82) is 0 Å². The molecule has 84 valence electrons. The quantitative estimate of drug-likeness (QED) is 0.654. The van der Waals surface area contributed by atoms with Crippen molar-refractivity contribution in [2.45, 2.75) is 6.04 Å². The number of nitrogens with two attached hydrogens (primary N) is 1. The van der Waals surface area contributed by atoms with Crippen molar-refractivity contribution in [3.63, 3.8) is 0 Å². The largest absolute Gasteiger partial charge is 0.275 e. The highest BCUT2D eigenvalue weighted by atomic mass is 79.9. The Labute approximate surface area is 102 Å². The molecular formula is C10H12BrN5. The number of rotatable bonds is 3. The molecule has 2 rings (SSSR count). The van der Waals surface area contributed by atoms with Crippen LogP contribution in [-0.2, 0) is 7.05 Å². The van der Waals surface area contributed by atoms with Crippen LogP contribution in [0.3, 0.4) is 0 Å². The molecule has 2 aromatic rings. The van der Waals surface area contributed by atoms with E-state index < -0.39 is 0 Å². The first-order valence-corrected chi connectivity index (χ1v) is 5.56. The maximum atomic E-state index is 5.55. The summed E-state index contributed by atoms with van der Waals surface area (Å²) in [5.74, 6) is 5.55. The number of pyridine rings is 1. The Hall–Kier alpha value is -1.24. The summed E-state index contributed by atoms with van der Waals surface area (Å²) >= 11 is 3.35. The van der Waals surface area contributed by atoms with Crippen LogP contribution in [0.5, 0.6) is 0 Å². The molecule has 0 saturated heterocycles. The monoisotopic (exact) mass is 281 g/mol. The topological polar surface area (TPSA) is 68.8 Å². The molecular weight excluding hydrogens is 270 g/mol. The summed E-state index contributed by atoms with van der Waals surface area (Å²) in [7, 11) is 1.87. The lowest BCUT2D eigenvalue weighted by Gasteiger charge is -2.13. The van der Waals surface area contributed by atoms with Crippen LogP contribution >= 0.6 is 15.9 Å². The normalized spacial score (nSPS) is 12.7. The first-order chi connectivity index (χ1) is 7.70. The summed E-state index contributed by atoms with van der Waals surface area (Å²) in [6, 6.07) is 3.71. The molecule has 0 spiro atoms. The highest BCUT2D eigenvalue weighted by Crippen LogP contribution is 2.19. The third-order valence-corrected chi connectivity index (χ3v) is 2.74. The summed E-state index contributed by atoms with van der Waals surface area (Å²) in [4.78, 5) is 4.31. The van der Waals surface area contributed by atoms with Crippen LogP contribution in [0.2, 0.25) is 0 Å². The number of hydrogen-bond acceptors (Lipinski definition) is 4. The van der Waals surface area contributed by atoms with Gasteiger partial charge in [-0.2, -0.15) is 5.10 Å². The van der Waals surface area contributed by atoms with Crippen LogP contribution in [-0.4, -0.2) is 14.8 Å². The molecule has 0 aromatic carbocycles. The van der Waals surface area contributed by atoms with Crippen LogP contribution < -0.4 is 11.3 Å². The number of hydrogen-bond donors (Lipinski definition) is 2. The van der Waals surface area contributed by atoms with E-state index in [1.165, 1.54) is 0 Å². The average molecular weight is 282 g/mol. The van der Waals surface area contributed by atoms with Crippen molar-refractivity contribution in [2.24, 2.45) is 12.9 Å². The maximum Gasteiger partial charge on any atom is 0.0911 e. The van der Waals surface area contributed by atoms with Gasteiger partial charge in [-0.3, -0.25) is 15.5 Å². The molecule has 2 heterocycles. The fraction of sp³-hybridized carbons (Fsp3) is 0.200. The minimum Gasteiger partial charge on any atom is -0.275 e. The van der Waals surface area contributed by atoms with E-state index in [4.69, 9.17) is 5.84 Å². The lowest BCUT2D eigenvalue weighted by Crippen LogP contribution is -2.29. The van der Waals surface area contributed by atoms with Crippen LogP contribution in [0.1, 0.15) is 17.3 Å². The number of nitrogens with one attached hydrogen (secondary N) is 1. The number of nitrogens with zero attached hydrogens (tertiary/aromatic N) is 3. The van der Waals surface area contributed by atoms with Crippen molar-refractivity contribution in [3.05, 3.63) is 46.5 Å². The Bertz CT molecular complexity index is 464. The molecule has 1 unspecified atom stereocenters. The van der Waals surface area contributed by atoms with Crippen molar-refractivity contribution < 1.29 is 0 Å². The molecule has 0 aliphatic carbocycles. The van der Waals surface area contributed by atoms with E-state index in [-0.39, 0.29) is 6.04 Å². The first kappa shape index (κ1) is 11.3. The minimum atomic E-state index is -0.137. The van der Waals surface area contributed by atoms with Crippen LogP contribution in [0.25, 0.3) is 0 Å². The second-order valence-electron chi connectivity index (χ2n) is 3.45. The molecule has 0 radical (unpaired) electrons. The molecule has 0 aliphatic heterocycles. The smallest absolute Gasteiger partial charge is 0.0911 e. The van der Waals surface area contributed by atoms with Crippen molar-refractivity contribution in [3.8, 4) is 0 Å². The molecule has 1 atom stereocenters. The molecule has 2 aromatic heterocycles. The molecule has 16 heavy (non-hydrogen) atoms. The van der Waals surface area contributed by atoms with Gasteiger partial charge in [0.05, 0.1) is 17.9 Å². The summed E-state index contributed by atoms with van der Waals surface area (Å²) in [6.45, 7) is 0. The van der Waals surface area contributed by atoms with Gasteiger partial charge in [0.15, 0.2) is 0 Å². The van der Waals surface area contributed by atoms with Crippen molar-refractivity contribution in [1.82, 2.24) is 20.2 Å². The van der Waals surface area contributed by atoms with Gasteiger partial charge in [-0.05, 0) is 28.1 Å². The molecule has 0 amide bonds. The Kier molecular flexibility index (Phi) is 3.33. The highest BCUT2D eigenvalue weighted by Gasteiger charge is 2.14. The van der Waals surface area contributed by atoms with E-state index in [0.29, 0.717) is 0 Å². The summed E-state index contributed by atoms with van der Waals surface area (Å²) in [6.07, 6.45) is 5.43. The third-order valence-electron chi connectivity index (χ3n) is 2.27. The molecule has 0 bridgehead atoms. The van der Waals surface area contributed by atoms with Gasteiger partial charge in [-0.25, -0.2) is 5.43 Å². The number of hydrazine groups is 1. The molecule has 5 nitrogen and oxygen atoms in total. The molecule has 3 N–H and O–H groups in total. The van der Waals surface area contributed by atoms with Crippen LogP contribution in [0.15, 0.2) is 35.2 Å². The first-order valence-electron chi connectivity index (χ1n) is 4.77. The average Bonchev–Trinajstić information content (AvgIpc) is 2.69. The highest BCUT2D eigenvalue weighted by molar-refractivity contribution is 9.10. The van der Waals surface area contributed by atoms with Crippen LogP contribution in [0, 0.1) is 0 Å². The van der Waals surface area contributed by atoms with Gasteiger partial charge in [0.1, 0.15) is 0 Å². The number of aryl methyl sites for hydroxylation is 1. The zero-order valence-electron chi connectivity index (χ0n) is 8.76. The van der Waals surface area contributed by atoms with Crippen molar-refractivity contribution in [2.75, 3.05) is 0 Å². The summed E-state index contributed by atoms with van der Waals surface area (Å²) in [5, 5.41) is 4.11.